The van der Waals surface area contributed by atoms with Crippen molar-refractivity contribution < 1.29 is 18.9 Å². The van der Waals surface area contributed by atoms with Crippen LogP contribution in [0.5, 0.6) is 17.4 Å². The fourth-order valence-electron chi connectivity index (χ4n) is 3.08. The molecule has 0 amide bonds. The Bertz CT molecular complexity index is 807. The molecule has 1 unspecified atom stereocenters. The van der Waals surface area contributed by atoms with Gasteiger partial charge in [-0.15, -0.1) is 0 Å². The van der Waals surface area contributed by atoms with E-state index in [-0.39, 0.29) is 6.10 Å². The van der Waals surface area contributed by atoms with Gasteiger partial charge in [-0.05, 0) is 37.5 Å². The SMILES string of the molecule is CCOc1ccccc1Oc1ccc(CNC(=NC)NCCCOC2CCOC2)cn1. The quantitative estimate of drug-likeness (QED) is 0.323. The number of hydrogen-bond donors (Lipinski definition) is 2. The summed E-state index contributed by atoms with van der Waals surface area (Å²) >= 11 is 0. The second-order valence-corrected chi connectivity index (χ2v) is 7.05. The Kier molecular flexibility index (Phi) is 9.40. The van der Waals surface area contributed by atoms with Gasteiger partial charge in [0.1, 0.15) is 0 Å². The van der Waals surface area contributed by atoms with Gasteiger partial charge in [-0.1, -0.05) is 18.2 Å². The van der Waals surface area contributed by atoms with E-state index >= 15 is 0 Å². The first kappa shape index (κ1) is 22.8. The summed E-state index contributed by atoms with van der Waals surface area (Å²) in [6, 6.07) is 11.4. The molecule has 0 radical (unpaired) electrons. The minimum atomic E-state index is 0.254. The topological polar surface area (TPSA) is 86.2 Å². The lowest BCUT2D eigenvalue weighted by atomic mass is 10.3. The van der Waals surface area contributed by atoms with Crippen LogP contribution in [0.2, 0.25) is 0 Å². The fraction of sp³-hybridized carbons (Fsp3) is 0.478. The Balaban J connectivity index is 1.38. The Labute approximate surface area is 184 Å². The number of nitrogens with one attached hydrogen (secondary N) is 2. The van der Waals surface area contributed by atoms with Crippen molar-refractivity contribution in [1.82, 2.24) is 15.6 Å². The molecule has 1 saturated heterocycles. The molecule has 8 nitrogen and oxygen atoms in total. The summed E-state index contributed by atoms with van der Waals surface area (Å²) in [5.41, 5.74) is 1.03. The van der Waals surface area contributed by atoms with E-state index in [1.165, 1.54) is 0 Å². The molecule has 1 aliphatic rings. The number of benzene rings is 1. The predicted octanol–water partition coefficient (Wildman–Crippen LogP) is 3.13. The molecule has 0 aliphatic carbocycles. The van der Waals surface area contributed by atoms with E-state index in [0.29, 0.717) is 37.1 Å². The number of aliphatic imine (C=N–C) groups is 1. The molecule has 1 aromatic heterocycles. The van der Waals surface area contributed by atoms with Gasteiger partial charge in [0.25, 0.3) is 0 Å². The van der Waals surface area contributed by atoms with Crippen molar-refractivity contribution in [3.05, 3.63) is 48.2 Å². The van der Waals surface area contributed by atoms with Gasteiger partial charge in [0.05, 0.1) is 19.3 Å². The highest BCUT2D eigenvalue weighted by Crippen LogP contribution is 2.30. The summed E-state index contributed by atoms with van der Waals surface area (Å²) < 4.78 is 22.5. The Morgan fingerprint density at radius 3 is 2.77 bits per heavy atom. The van der Waals surface area contributed by atoms with E-state index in [1.807, 2.05) is 43.3 Å². The third kappa shape index (κ3) is 7.73. The summed E-state index contributed by atoms with van der Waals surface area (Å²) in [4.78, 5) is 8.65. The standard InChI is InChI=1S/C23H32N4O4/c1-3-29-20-7-4-5-8-21(20)31-22-10-9-18(15-26-22)16-27-23(24-2)25-12-6-13-30-19-11-14-28-17-19/h4-5,7-10,15,19H,3,6,11-14,16-17H2,1-2H3,(H2,24,25,27). The highest BCUT2D eigenvalue weighted by Gasteiger charge is 2.15. The normalized spacial score (nSPS) is 16.2. The van der Waals surface area contributed by atoms with Crippen LogP contribution in [0.3, 0.4) is 0 Å². The van der Waals surface area contributed by atoms with Crippen LogP contribution < -0.4 is 20.1 Å². The lowest BCUT2D eigenvalue weighted by Gasteiger charge is -2.13. The zero-order chi connectivity index (χ0) is 21.7. The van der Waals surface area contributed by atoms with E-state index in [0.717, 1.165) is 44.1 Å². The maximum Gasteiger partial charge on any atom is 0.219 e. The number of guanidine groups is 1. The van der Waals surface area contributed by atoms with Crippen LogP contribution in [0.1, 0.15) is 25.3 Å². The monoisotopic (exact) mass is 428 g/mol. The number of rotatable bonds is 11. The number of nitrogens with zero attached hydrogens (tertiary/aromatic N) is 2. The first-order valence-corrected chi connectivity index (χ1v) is 10.8. The van der Waals surface area contributed by atoms with Crippen LogP contribution in [-0.4, -0.2) is 57.1 Å². The molecule has 168 valence electrons. The molecule has 0 bridgehead atoms. The van der Waals surface area contributed by atoms with Gasteiger partial charge in [0.2, 0.25) is 5.88 Å². The van der Waals surface area contributed by atoms with Crippen LogP contribution >= 0.6 is 0 Å². The van der Waals surface area contributed by atoms with Crippen LogP contribution in [0.4, 0.5) is 0 Å². The number of ether oxygens (including phenoxy) is 4. The van der Waals surface area contributed by atoms with Gasteiger partial charge in [0, 0.05) is 45.6 Å². The number of pyridine rings is 1. The molecule has 2 heterocycles. The average molecular weight is 429 g/mol. The number of hydrogen-bond acceptors (Lipinski definition) is 6. The maximum atomic E-state index is 5.86. The van der Waals surface area contributed by atoms with Gasteiger partial charge >= 0.3 is 0 Å². The van der Waals surface area contributed by atoms with E-state index in [4.69, 9.17) is 18.9 Å². The number of para-hydroxylation sites is 2. The summed E-state index contributed by atoms with van der Waals surface area (Å²) in [6.07, 6.45) is 3.95. The summed E-state index contributed by atoms with van der Waals surface area (Å²) in [5, 5.41) is 6.59. The van der Waals surface area contributed by atoms with Crippen LogP contribution in [-0.2, 0) is 16.0 Å². The average Bonchev–Trinajstić information content (AvgIpc) is 3.32. The molecular formula is C23H32N4O4. The third-order valence-electron chi connectivity index (χ3n) is 4.70. The lowest BCUT2D eigenvalue weighted by Crippen LogP contribution is -2.37. The van der Waals surface area contributed by atoms with Gasteiger partial charge in [0.15, 0.2) is 17.5 Å². The summed E-state index contributed by atoms with van der Waals surface area (Å²) in [7, 11) is 1.76. The molecule has 1 aliphatic heterocycles. The summed E-state index contributed by atoms with van der Waals surface area (Å²) in [6.45, 7) is 6.16. The van der Waals surface area contributed by atoms with Gasteiger partial charge in [-0.3, -0.25) is 4.99 Å². The zero-order valence-electron chi connectivity index (χ0n) is 18.3. The van der Waals surface area contributed by atoms with Crippen LogP contribution in [0.25, 0.3) is 0 Å². The fourth-order valence-corrected chi connectivity index (χ4v) is 3.08. The summed E-state index contributed by atoms with van der Waals surface area (Å²) in [5.74, 6) is 2.62. The Morgan fingerprint density at radius 2 is 2.06 bits per heavy atom. The molecule has 8 heteroatoms. The first-order valence-electron chi connectivity index (χ1n) is 10.8. The Morgan fingerprint density at radius 1 is 1.19 bits per heavy atom. The largest absolute Gasteiger partial charge is 0.490 e. The van der Waals surface area contributed by atoms with E-state index in [9.17, 15) is 0 Å². The lowest BCUT2D eigenvalue weighted by molar-refractivity contribution is 0.0420. The van der Waals surface area contributed by atoms with Crippen molar-refractivity contribution in [2.45, 2.75) is 32.4 Å². The molecule has 1 aromatic carbocycles. The predicted molar refractivity (Wildman–Crippen MR) is 120 cm³/mol. The molecular weight excluding hydrogens is 396 g/mol. The van der Waals surface area contributed by atoms with Gasteiger partial charge in [-0.25, -0.2) is 4.98 Å². The zero-order valence-corrected chi connectivity index (χ0v) is 18.3. The first-order chi connectivity index (χ1) is 15.3. The van der Waals surface area contributed by atoms with E-state index < -0.39 is 0 Å². The third-order valence-corrected chi connectivity index (χ3v) is 4.70. The van der Waals surface area contributed by atoms with Crippen molar-refractivity contribution in [1.29, 1.82) is 0 Å². The molecule has 31 heavy (non-hydrogen) atoms. The smallest absolute Gasteiger partial charge is 0.219 e. The highest BCUT2D eigenvalue weighted by atomic mass is 16.5. The molecule has 3 rings (SSSR count). The van der Waals surface area contributed by atoms with E-state index in [2.05, 4.69) is 20.6 Å². The van der Waals surface area contributed by atoms with E-state index in [1.54, 1.807) is 13.2 Å². The molecule has 0 spiro atoms. The minimum Gasteiger partial charge on any atom is -0.490 e. The molecule has 2 aromatic rings. The second kappa shape index (κ2) is 12.8. The second-order valence-electron chi connectivity index (χ2n) is 7.05. The Hall–Kier alpha value is -2.84. The minimum absolute atomic E-state index is 0.254. The molecule has 1 fully saturated rings. The van der Waals surface area contributed by atoms with Crippen molar-refractivity contribution in [2.75, 3.05) is 40.0 Å². The molecule has 0 saturated carbocycles. The highest BCUT2D eigenvalue weighted by molar-refractivity contribution is 5.79. The molecule has 1 atom stereocenters. The van der Waals surface area contributed by atoms with Crippen molar-refractivity contribution >= 4 is 5.96 Å². The van der Waals surface area contributed by atoms with Gasteiger partial charge in [-0.2, -0.15) is 0 Å². The van der Waals surface area contributed by atoms with Crippen LogP contribution in [0, 0.1) is 0 Å². The van der Waals surface area contributed by atoms with Crippen molar-refractivity contribution in [3.63, 3.8) is 0 Å². The number of aromatic nitrogens is 1. The van der Waals surface area contributed by atoms with Gasteiger partial charge < -0.3 is 29.6 Å². The maximum absolute atomic E-state index is 5.86. The van der Waals surface area contributed by atoms with Crippen molar-refractivity contribution in [3.8, 4) is 17.4 Å². The molecule has 2 N–H and O–H groups in total. The van der Waals surface area contributed by atoms with Crippen molar-refractivity contribution in [2.24, 2.45) is 4.99 Å². The van der Waals surface area contributed by atoms with Crippen LogP contribution in [0.15, 0.2) is 47.6 Å².